The van der Waals surface area contributed by atoms with E-state index in [-0.39, 0.29) is 5.41 Å². The minimum absolute atomic E-state index is 0.267. The second kappa shape index (κ2) is 4.67. The van der Waals surface area contributed by atoms with Crippen LogP contribution in [0.15, 0.2) is 24.3 Å². The van der Waals surface area contributed by atoms with Gasteiger partial charge in [0.1, 0.15) is 0 Å². The Morgan fingerprint density at radius 2 is 2.00 bits per heavy atom. The van der Waals surface area contributed by atoms with Crippen molar-refractivity contribution < 1.29 is 5.11 Å². The molecule has 0 radical (unpaired) electrons. The molecule has 18 heavy (non-hydrogen) atoms. The van der Waals surface area contributed by atoms with Crippen molar-refractivity contribution in [3.8, 4) is 0 Å². The van der Waals surface area contributed by atoms with Crippen LogP contribution in [-0.2, 0) is 5.41 Å². The zero-order chi connectivity index (χ0) is 13.4. The third-order valence-electron chi connectivity index (χ3n) is 3.90. The van der Waals surface area contributed by atoms with E-state index in [0.717, 1.165) is 6.42 Å². The molecule has 2 rings (SSSR count). The molecule has 0 aromatic heterocycles. The largest absolute Gasteiger partial charge is 0.389 e. The molecule has 1 aromatic carbocycles. The Bertz CT molecular complexity index is 417. The van der Waals surface area contributed by atoms with Crippen LogP contribution < -0.4 is 5.32 Å². The molecule has 2 heteroatoms. The number of hydrogen-bond donors (Lipinski definition) is 2. The smallest absolute Gasteiger partial charge is 0.0715 e. The standard InChI is InChI=1S/C16H25NO/c1-15(2)10-9-14(17-11-16(3,4)18)12-7-5-6-8-13(12)15/h5-8,14,17-18H,9-11H2,1-4H3. The Morgan fingerprint density at radius 3 is 2.67 bits per heavy atom. The van der Waals surface area contributed by atoms with E-state index in [1.54, 1.807) is 0 Å². The first-order valence-electron chi connectivity index (χ1n) is 6.85. The second-order valence-corrected chi connectivity index (χ2v) is 6.76. The lowest BCUT2D eigenvalue weighted by Gasteiger charge is -2.38. The van der Waals surface area contributed by atoms with Gasteiger partial charge in [-0.05, 0) is 43.2 Å². The predicted molar refractivity (Wildman–Crippen MR) is 75.7 cm³/mol. The minimum atomic E-state index is -0.651. The van der Waals surface area contributed by atoms with Crippen LogP contribution in [0.2, 0.25) is 0 Å². The summed E-state index contributed by atoms with van der Waals surface area (Å²) in [6.45, 7) is 8.96. The van der Waals surface area contributed by atoms with Gasteiger partial charge in [-0.3, -0.25) is 0 Å². The Balaban J connectivity index is 2.21. The molecular weight excluding hydrogens is 222 g/mol. The third-order valence-corrected chi connectivity index (χ3v) is 3.90. The van der Waals surface area contributed by atoms with Crippen LogP contribution in [0, 0.1) is 0 Å². The van der Waals surface area contributed by atoms with Crippen LogP contribution in [0.5, 0.6) is 0 Å². The molecule has 2 nitrogen and oxygen atoms in total. The molecule has 0 saturated carbocycles. The van der Waals surface area contributed by atoms with Gasteiger partial charge < -0.3 is 10.4 Å². The zero-order valence-electron chi connectivity index (χ0n) is 12.0. The molecule has 0 aliphatic heterocycles. The Labute approximate surface area is 110 Å². The van der Waals surface area contributed by atoms with Crippen LogP contribution in [-0.4, -0.2) is 17.3 Å². The molecule has 1 unspecified atom stereocenters. The lowest BCUT2D eigenvalue weighted by molar-refractivity contribution is 0.0750. The Kier molecular flexibility index (Phi) is 3.52. The number of benzene rings is 1. The second-order valence-electron chi connectivity index (χ2n) is 6.76. The van der Waals surface area contributed by atoms with Gasteiger partial charge >= 0.3 is 0 Å². The summed E-state index contributed by atoms with van der Waals surface area (Å²) in [5.74, 6) is 0. The first kappa shape index (κ1) is 13.6. The summed E-state index contributed by atoms with van der Waals surface area (Å²) in [6, 6.07) is 9.07. The molecule has 0 heterocycles. The van der Waals surface area contributed by atoms with Gasteiger partial charge in [0.25, 0.3) is 0 Å². The van der Waals surface area contributed by atoms with Gasteiger partial charge in [-0.25, -0.2) is 0 Å². The fourth-order valence-corrected chi connectivity index (χ4v) is 2.80. The molecular formula is C16H25NO. The van der Waals surface area contributed by atoms with Crippen LogP contribution in [0.3, 0.4) is 0 Å². The van der Waals surface area contributed by atoms with Gasteiger partial charge in [0.05, 0.1) is 5.60 Å². The maximum atomic E-state index is 9.84. The summed E-state index contributed by atoms with van der Waals surface area (Å²) in [5.41, 5.74) is 2.47. The Hall–Kier alpha value is -0.860. The zero-order valence-corrected chi connectivity index (χ0v) is 12.0. The van der Waals surface area contributed by atoms with E-state index in [1.165, 1.54) is 17.5 Å². The summed E-state index contributed by atoms with van der Waals surface area (Å²) >= 11 is 0. The first-order chi connectivity index (χ1) is 8.30. The van der Waals surface area contributed by atoms with Crippen molar-refractivity contribution in [2.45, 2.75) is 57.6 Å². The molecule has 1 aliphatic rings. The fourth-order valence-electron chi connectivity index (χ4n) is 2.80. The topological polar surface area (TPSA) is 32.3 Å². The van der Waals surface area contributed by atoms with Crippen molar-refractivity contribution >= 4 is 0 Å². The molecule has 0 bridgehead atoms. The third kappa shape index (κ3) is 2.93. The number of aliphatic hydroxyl groups is 1. The molecule has 100 valence electrons. The van der Waals surface area contributed by atoms with Crippen molar-refractivity contribution in [2.75, 3.05) is 6.54 Å². The van der Waals surface area contributed by atoms with Crippen LogP contribution >= 0.6 is 0 Å². The van der Waals surface area contributed by atoms with Crippen LogP contribution in [0.25, 0.3) is 0 Å². The monoisotopic (exact) mass is 247 g/mol. The van der Waals surface area contributed by atoms with E-state index in [9.17, 15) is 5.11 Å². The molecule has 0 amide bonds. The van der Waals surface area contributed by atoms with E-state index in [2.05, 4.69) is 43.4 Å². The molecule has 0 spiro atoms. The van der Waals surface area contributed by atoms with Gasteiger partial charge in [-0.2, -0.15) is 0 Å². The van der Waals surface area contributed by atoms with E-state index in [0.29, 0.717) is 12.6 Å². The number of nitrogens with one attached hydrogen (secondary N) is 1. The molecule has 2 N–H and O–H groups in total. The van der Waals surface area contributed by atoms with E-state index >= 15 is 0 Å². The highest BCUT2D eigenvalue weighted by Gasteiger charge is 2.32. The van der Waals surface area contributed by atoms with Crippen molar-refractivity contribution in [1.29, 1.82) is 0 Å². The SMILES string of the molecule is CC(C)(O)CNC1CCC(C)(C)c2ccccc21. The maximum absolute atomic E-state index is 9.84. The maximum Gasteiger partial charge on any atom is 0.0715 e. The van der Waals surface area contributed by atoms with E-state index < -0.39 is 5.60 Å². The first-order valence-corrected chi connectivity index (χ1v) is 6.85. The van der Waals surface area contributed by atoms with Gasteiger partial charge in [0.15, 0.2) is 0 Å². The van der Waals surface area contributed by atoms with Crippen molar-refractivity contribution in [2.24, 2.45) is 0 Å². The van der Waals surface area contributed by atoms with Gasteiger partial charge in [0.2, 0.25) is 0 Å². The summed E-state index contributed by atoms with van der Waals surface area (Å²) in [4.78, 5) is 0. The summed E-state index contributed by atoms with van der Waals surface area (Å²) in [6.07, 6.45) is 2.33. The highest BCUT2D eigenvalue weighted by atomic mass is 16.3. The average molecular weight is 247 g/mol. The summed E-state index contributed by atoms with van der Waals surface area (Å²) < 4.78 is 0. The number of fused-ring (bicyclic) bond motifs is 1. The normalized spacial score (nSPS) is 22.6. The average Bonchev–Trinajstić information content (AvgIpc) is 2.27. The molecule has 1 atom stereocenters. The van der Waals surface area contributed by atoms with Gasteiger partial charge in [-0.15, -0.1) is 0 Å². The predicted octanol–water partition coefficient (Wildman–Crippen LogP) is 3.16. The molecule has 0 saturated heterocycles. The fraction of sp³-hybridized carbons (Fsp3) is 0.625. The highest BCUT2D eigenvalue weighted by molar-refractivity contribution is 5.38. The summed E-state index contributed by atoms with van der Waals surface area (Å²) in [7, 11) is 0. The van der Waals surface area contributed by atoms with Gasteiger partial charge in [-0.1, -0.05) is 38.1 Å². The quantitative estimate of drug-likeness (QED) is 0.860. The van der Waals surface area contributed by atoms with Crippen molar-refractivity contribution in [3.05, 3.63) is 35.4 Å². The van der Waals surface area contributed by atoms with Crippen LogP contribution in [0.4, 0.5) is 0 Å². The lowest BCUT2D eigenvalue weighted by Crippen LogP contribution is -2.39. The Morgan fingerprint density at radius 1 is 1.33 bits per heavy atom. The molecule has 0 fully saturated rings. The summed E-state index contributed by atoms with van der Waals surface area (Å²) in [5, 5.41) is 13.3. The highest BCUT2D eigenvalue weighted by Crippen LogP contribution is 2.41. The minimum Gasteiger partial charge on any atom is -0.389 e. The van der Waals surface area contributed by atoms with Gasteiger partial charge in [0, 0.05) is 12.6 Å². The van der Waals surface area contributed by atoms with E-state index in [4.69, 9.17) is 0 Å². The number of hydrogen-bond acceptors (Lipinski definition) is 2. The van der Waals surface area contributed by atoms with Crippen LogP contribution in [0.1, 0.15) is 57.7 Å². The van der Waals surface area contributed by atoms with E-state index in [1.807, 2.05) is 13.8 Å². The molecule has 1 aromatic rings. The van der Waals surface area contributed by atoms with Crippen molar-refractivity contribution in [3.63, 3.8) is 0 Å². The van der Waals surface area contributed by atoms with Crippen molar-refractivity contribution in [1.82, 2.24) is 5.32 Å². The number of rotatable bonds is 3. The lowest BCUT2D eigenvalue weighted by atomic mass is 9.71. The molecule has 1 aliphatic carbocycles.